The maximum Gasteiger partial charge on any atom is 0.221 e. The highest BCUT2D eigenvalue weighted by molar-refractivity contribution is 5.83. The van der Waals surface area contributed by atoms with Crippen LogP contribution in [-0.2, 0) is 17.9 Å². The molecule has 2 N–H and O–H groups in total. The maximum atomic E-state index is 11.6. The quantitative estimate of drug-likeness (QED) is 0.733. The molecule has 2 rings (SSSR count). The number of aryl methyl sites for hydroxylation is 1. The van der Waals surface area contributed by atoms with Crippen molar-refractivity contribution in [3.63, 3.8) is 0 Å². The molecule has 0 unspecified atom stereocenters. The first-order valence-corrected chi connectivity index (χ1v) is 7.80. The molecule has 0 bridgehead atoms. The third-order valence-electron chi connectivity index (χ3n) is 3.57. The van der Waals surface area contributed by atoms with Crippen LogP contribution in [0.3, 0.4) is 0 Å². The normalized spacial score (nSPS) is 11.0. The van der Waals surface area contributed by atoms with Gasteiger partial charge in [-0.15, -0.1) is 0 Å². The van der Waals surface area contributed by atoms with Crippen molar-refractivity contribution >= 4 is 16.8 Å². The summed E-state index contributed by atoms with van der Waals surface area (Å²) >= 11 is 0. The van der Waals surface area contributed by atoms with Gasteiger partial charge in [-0.2, -0.15) is 0 Å². The fourth-order valence-electron chi connectivity index (χ4n) is 2.58. The van der Waals surface area contributed by atoms with E-state index in [-0.39, 0.29) is 5.91 Å². The van der Waals surface area contributed by atoms with Crippen LogP contribution >= 0.6 is 0 Å². The third-order valence-corrected chi connectivity index (χ3v) is 3.57. The minimum absolute atomic E-state index is 0.112. The molecule has 0 aliphatic rings. The number of amides is 1. The van der Waals surface area contributed by atoms with Crippen LogP contribution in [0.25, 0.3) is 10.9 Å². The molecule has 0 atom stereocenters. The van der Waals surface area contributed by atoms with Gasteiger partial charge in [0.05, 0.1) is 5.52 Å². The Kier molecular flexibility index (Phi) is 5.81. The lowest BCUT2D eigenvalue weighted by Gasteiger charge is -2.10. The molecule has 21 heavy (non-hydrogen) atoms. The number of hydrogen-bond donors (Lipinski definition) is 2. The van der Waals surface area contributed by atoms with E-state index in [1.165, 1.54) is 16.5 Å². The molecule has 4 nitrogen and oxygen atoms in total. The average molecular weight is 287 g/mol. The molecule has 0 saturated carbocycles. The first-order valence-electron chi connectivity index (χ1n) is 7.80. The van der Waals surface area contributed by atoms with Crippen LogP contribution in [-0.4, -0.2) is 23.6 Å². The van der Waals surface area contributed by atoms with Gasteiger partial charge in [-0.05, 0) is 36.9 Å². The van der Waals surface area contributed by atoms with E-state index in [0.717, 1.165) is 26.1 Å². The lowest BCUT2D eigenvalue weighted by atomic mass is 10.1. The van der Waals surface area contributed by atoms with E-state index >= 15 is 0 Å². The van der Waals surface area contributed by atoms with E-state index in [9.17, 15) is 4.79 Å². The van der Waals surface area contributed by atoms with Crippen molar-refractivity contribution in [2.75, 3.05) is 13.1 Å². The monoisotopic (exact) mass is 287 g/mol. The Balaban J connectivity index is 2.14. The Morgan fingerprint density at radius 1 is 1.24 bits per heavy atom. The maximum absolute atomic E-state index is 11.6. The van der Waals surface area contributed by atoms with E-state index in [0.29, 0.717) is 13.0 Å². The second-order valence-corrected chi connectivity index (χ2v) is 5.24. The Morgan fingerprint density at radius 2 is 2.10 bits per heavy atom. The van der Waals surface area contributed by atoms with Crippen LogP contribution in [0.2, 0.25) is 0 Å². The topological polar surface area (TPSA) is 46.1 Å². The highest BCUT2D eigenvalue weighted by atomic mass is 16.1. The number of carbonyl (C=O) groups excluding carboxylic acids is 1. The van der Waals surface area contributed by atoms with Crippen molar-refractivity contribution < 1.29 is 4.79 Å². The smallest absolute Gasteiger partial charge is 0.221 e. The molecule has 1 aromatic heterocycles. The summed E-state index contributed by atoms with van der Waals surface area (Å²) in [5.74, 6) is 0.112. The van der Waals surface area contributed by atoms with Gasteiger partial charge in [0.15, 0.2) is 0 Å². The molecule has 1 heterocycles. The Morgan fingerprint density at radius 3 is 2.86 bits per heavy atom. The number of nitrogens with one attached hydrogen (secondary N) is 2. The molecule has 0 fully saturated rings. The van der Waals surface area contributed by atoms with Crippen LogP contribution in [0.5, 0.6) is 0 Å². The van der Waals surface area contributed by atoms with Crippen molar-refractivity contribution in [3.8, 4) is 0 Å². The van der Waals surface area contributed by atoms with Crippen LogP contribution in [0.15, 0.2) is 30.5 Å². The van der Waals surface area contributed by atoms with Crippen LogP contribution in [0, 0.1) is 0 Å². The number of aromatic nitrogens is 1. The lowest BCUT2D eigenvalue weighted by molar-refractivity contribution is -0.121. The van der Waals surface area contributed by atoms with Crippen molar-refractivity contribution in [3.05, 3.63) is 36.0 Å². The SMILES string of the molecule is CCCNCc1cccc2ccn(CCC(=O)NCC)c12. The molecule has 1 aromatic carbocycles. The van der Waals surface area contributed by atoms with Crippen molar-refractivity contribution in [1.29, 1.82) is 0 Å². The van der Waals surface area contributed by atoms with Gasteiger partial charge in [-0.3, -0.25) is 4.79 Å². The van der Waals surface area contributed by atoms with E-state index in [1.54, 1.807) is 0 Å². The summed E-state index contributed by atoms with van der Waals surface area (Å²) in [5, 5.41) is 7.54. The van der Waals surface area contributed by atoms with E-state index in [4.69, 9.17) is 0 Å². The van der Waals surface area contributed by atoms with Gasteiger partial charge in [0.2, 0.25) is 5.91 Å². The van der Waals surface area contributed by atoms with E-state index < -0.39 is 0 Å². The summed E-state index contributed by atoms with van der Waals surface area (Å²) in [4.78, 5) is 11.6. The zero-order valence-electron chi connectivity index (χ0n) is 13.0. The highest BCUT2D eigenvalue weighted by Gasteiger charge is 2.08. The number of carbonyl (C=O) groups is 1. The van der Waals surface area contributed by atoms with Crippen molar-refractivity contribution in [2.24, 2.45) is 0 Å². The molecule has 0 radical (unpaired) electrons. The number of fused-ring (bicyclic) bond motifs is 1. The average Bonchev–Trinajstić information content (AvgIpc) is 2.90. The molecule has 114 valence electrons. The lowest BCUT2D eigenvalue weighted by Crippen LogP contribution is -2.23. The Labute approximate surface area is 126 Å². The fraction of sp³-hybridized carbons (Fsp3) is 0.471. The summed E-state index contributed by atoms with van der Waals surface area (Å²) < 4.78 is 2.19. The second kappa shape index (κ2) is 7.84. The van der Waals surface area contributed by atoms with Gasteiger partial charge >= 0.3 is 0 Å². The van der Waals surface area contributed by atoms with Crippen LogP contribution in [0.1, 0.15) is 32.3 Å². The van der Waals surface area contributed by atoms with E-state index in [1.807, 2.05) is 6.92 Å². The van der Waals surface area contributed by atoms with Gasteiger partial charge in [0.1, 0.15) is 0 Å². The predicted molar refractivity (Wildman–Crippen MR) is 87.2 cm³/mol. The third kappa shape index (κ3) is 4.08. The number of rotatable bonds is 8. The van der Waals surface area contributed by atoms with Gasteiger partial charge in [0, 0.05) is 32.3 Å². The fourth-order valence-corrected chi connectivity index (χ4v) is 2.58. The summed E-state index contributed by atoms with van der Waals surface area (Å²) in [5.41, 5.74) is 2.53. The molecule has 0 saturated heterocycles. The molecular formula is C17H25N3O. The molecule has 2 aromatic rings. The minimum Gasteiger partial charge on any atom is -0.356 e. The summed E-state index contributed by atoms with van der Waals surface area (Å²) in [7, 11) is 0. The standard InChI is InChI=1S/C17H25N3O/c1-3-10-18-13-15-7-5-6-14-8-11-20(17(14)15)12-9-16(21)19-4-2/h5-8,11,18H,3-4,9-10,12-13H2,1-2H3,(H,19,21). The number of hydrogen-bond acceptors (Lipinski definition) is 2. The first-order chi connectivity index (χ1) is 10.3. The molecule has 0 aliphatic carbocycles. The van der Waals surface area contributed by atoms with E-state index in [2.05, 4.69) is 52.6 Å². The van der Waals surface area contributed by atoms with Gasteiger partial charge < -0.3 is 15.2 Å². The molecular weight excluding hydrogens is 262 g/mol. The van der Waals surface area contributed by atoms with Gasteiger partial charge in [-0.25, -0.2) is 0 Å². The summed E-state index contributed by atoms with van der Waals surface area (Å²) in [6.07, 6.45) is 3.73. The number of para-hydroxylation sites is 1. The first kappa shape index (κ1) is 15.6. The Bertz CT molecular complexity index is 589. The summed E-state index contributed by atoms with van der Waals surface area (Å²) in [6.45, 7) is 7.42. The minimum atomic E-state index is 0.112. The molecule has 0 spiro atoms. The molecule has 0 aliphatic heterocycles. The second-order valence-electron chi connectivity index (χ2n) is 5.24. The zero-order chi connectivity index (χ0) is 15.1. The van der Waals surface area contributed by atoms with Crippen LogP contribution in [0.4, 0.5) is 0 Å². The highest BCUT2D eigenvalue weighted by Crippen LogP contribution is 2.20. The summed E-state index contributed by atoms with van der Waals surface area (Å²) in [6, 6.07) is 8.50. The predicted octanol–water partition coefficient (Wildman–Crippen LogP) is 2.67. The number of nitrogens with zero attached hydrogens (tertiary/aromatic N) is 1. The largest absolute Gasteiger partial charge is 0.356 e. The van der Waals surface area contributed by atoms with Gasteiger partial charge in [0.25, 0.3) is 0 Å². The van der Waals surface area contributed by atoms with Crippen LogP contribution < -0.4 is 10.6 Å². The molecule has 4 heteroatoms. The zero-order valence-corrected chi connectivity index (χ0v) is 13.0. The Hall–Kier alpha value is -1.81. The number of benzene rings is 1. The molecule has 1 amide bonds. The van der Waals surface area contributed by atoms with Crippen molar-refractivity contribution in [1.82, 2.24) is 15.2 Å². The van der Waals surface area contributed by atoms with Crippen molar-refractivity contribution in [2.45, 2.75) is 39.8 Å². The van der Waals surface area contributed by atoms with Gasteiger partial charge in [-0.1, -0.05) is 25.1 Å².